The fraction of sp³-hybridized carbons (Fsp3) is 0.750. The van der Waals surface area contributed by atoms with E-state index in [-0.39, 0.29) is 10.5 Å². The van der Waals surface area contributed by atoms with E-state index in [2.05, 4.69) is 21.6 Å². The van der Waals surface area contributed by atoms with Crippen LogP contribution in [0.3, 0.4) is 0 Å². The van der Waals surface area contributed by atoms with Gasteiger partial charge in [-0.05, 0) is 12.2 Å². The van der Waals surface area contributed by atoms with E-state index in [4.69, 9.17) is 0 Å². The minimum Gasteiger partial charge on any atom is -0.415 e. The van der Waals surface area contributed by atoms with Crippen molar-refractivity contribution in [2.45, 2.75) is 12.3 Å². The van der Waals surface area contributed by atoms with Crippen molar-refractivity contribution in [1.82, 2.24) is 0 Å². The summed E-state index contributed by atoms with van der Waals surface area (Å²) in [6.45, 7) is -0.490. The lowest BCUT2D eigenvalue weighted by Crippen LogP contribution is -2.33. The first kappa shape index (κ1) is 10.8. The average molecular weight is 201 g/mol. The number of hydrogen-bond acceptors (Lipinski definition) is 3. The van der Waals surface area contributed by atoms with Gasteiger partial charge in [-0.1, -0.05) is 0 Å². The minimum absolute atomic E-state index is 0.0280. The van der Waals surface area contributed by atoms with Crippen LogP contribution in [0.2, 0.25) is 0 Å². The minimum atomic E-state index is -4.35. The van der Waals surface area contributed by atoms with Crippen LogP contribution in [0.15, 0.2) is 4.99 Å². The van der Waals surface area contributed by atoms with E-state index in [1.807, 2.05) is 5.16 Å². The summed E-state index contributed by atoms with van der Waals surface area (Å²) in [6, 6.07) is 0. The van der Waals surface area contributed by atoms with Gasteiger partial charge < -0.3 is 4.43 Å². The van der Waals surface area contributed by atoms with Gasteiger partial charge in [-0.2, -0.15) is 13.2 Å². The van der Waals surface area contributed by atoms with Crippen molar-refractivity contribution in [2.75, 3.05) is 6.54 Å². The second-order valence-electron chi connectivity index (χ2n) is 1.70. The second kappa shape index (κ2) is 4.61. The molecule has 64 valence electrons. The highest BCUT2D eigenvalue weighted by molar-refractivity contribution is 7.78. The van der Waals surface area contributed by atoms with E-state index in [0.29, 0.717) is 0 Å². The predicted molar refractivity (Wildman–Crippen MR) is 40.8 cm³/mol. The summed E-state index contributed by atoms with van der Waals surface area (Å²) in [5.74, 6) is 0. The van der Waals surface area contributed by atoms with Crippen LogP contribution in [0.5, 0.6) is 0 Å². The number of aliphatic imine (C=N–C) groups is 1. The third-order valence-electron chi connectivity index (χ3n) is 0.971. The van der Waals surface area contributed by atoms with Gasteiger partial charge in [0.25, 0.3) is 0 Å². The second-order valence-corrected chi connectivity index (χ2v) is 2.35. The SMILES string of the molecule is FC(F)(F)C(CN=C=S)O[SiH3]. The first-order chi connectivity index (χ1) is 5.02. The third kappa shape index (κ3) is 4.26. The highest BCUT2D eigenvalue weighted by Crippen LogP contribution is 2.22. The summed E-state index contributed by atoms with van der Waals surface area (Å²) in [5, 5.41) is 1.85. The van der Waals surface area contributed by atoms with Crippen LogP contribution < -0.4 is 0 Å². The molecule has 0 aromatic rings. The average Bonchev–Trinajstić information content (AvgIpc) is 1.87. The molecule has 0 aliphatic rings. The summed E-state index contributed by atoms with van der Waals surface area (Å²) >= 11 is 4.11. The van der Waals surface area contributed by atoms with E-state index in [0.717, 1.165) is 0 Å². The van der Waals surface area contributed by atoms with Crippen LogP contribution in [-0.2, 0) is 4.43 Å². The number of thiocarbonyl (C=S) groups is 1. The van der Waals surface area contributed by atoms with Crippen molar-refractivity contribution >= 4 is 27.9 Å². The predicted octanol–water partition coefficient (Wildman–Crippen LogP) is 0.317. The topological polar surface area (TPSA) is 21.6 Å². The molecule has 0 N–H and O–H groups in total. The molecule has 2 nitrogen and oxygen atoms in total. The lowest BCUT2D eigenvalue weighted by molar-refractivity contribution is -0.190. The zero-order valence-electron chi connectivity index (χ0n) is 5.68. The fourth-order valence-electron chi connectivity index (χ4n) is 0.432. The number of nitrogens with zero attached hydrogens (tertiary/aromatic N) is 1. The van der Waals surface area contributed by atoms with Crippen molar-refractivity contribution in [3.8, 4) is 0 Å². The molecule has 0 spiro atoms. The smallest absolute Gasteiger partial charge is 0.415 e. The monoisotopic (exact) mass is 201 g/mol. The maximum atomic E-state index is 11.8. The third-order valence-corrected chi connectivity index (χ3v) is 1.67. The Kier molecular flexibility index (Phi) is 4.51. The molecular weight excluding hydrogens is 195 g/mol. The van der Waals surface area contributed by atoms with Gasteiger partial charge >= 0.3 is 6.18 Å². The molecule has 1 unspecified atom stereocenters. The Bertz CT molecular complexity index is 167. The zero-order chi connectivity index (χ0) is 8.91. The lowest BCUT2D eigenvalue weighted by Gasteiger charge is -2.15. The van der Waals surface area contributed by atoms with Crippen LogP contribution in [0.4, 0.5) is 13.2 Å². The van der Waals surface area contributed by atoms with E-state index in [1.165, 1.54) is 0 Å². The molecule has 0 saturated carbocycles. The molecule has 0 aliphatic heterocycles. The molecule has 0 radical (unpaired) electrons. The van der Waals surface area contributed by atoms with Gasteiger partial charge in [0.1, 0.15) is 10.5 Å². The molecule has 0 fully saturated rings. The summed E-state index contributed by atoms with van der Waals surface area (Å²) in [6.07, 6.45) is -6.16. The first-order valence-electron chi connectivity index (χ1n) is 2.65. The van der Waals surface area contributed by atoms with Crippen LogP contribution in [0, 0.1) is 0 Å². The molecule has 0 rings (SSSR count). The molecule has 0 aromatic heterocycles. The van der Waals surface area contributed by atoms with Crippen LogP contribution in [0.25, 0.3) is 0 Å². The molecule has 0 aromatic carbocycles. The number of hydrogen-bond donors (Lipinski definition) is 0. The Labute approximate surface area is 70.0 Å². The van der Waals surface area contributed by atoms with Crippen LogP contribution in [-0.4, -0.2) is 34.5 Å². The summed E-state index contributed by atoms with van der Waals surface area (Å²) in [5.41, 5.74) is 0. The van der Waals surface area contributed by atoms with Crippen LogP contribution in [0.1, 0.15) is 0 Å². The van der Waals surface area contributed by atoms with Gasteiger partial charge in [0.05, 0.1) is 11.7 Å². The molecule has 1 atom stereocenters. The molecule has 0 aliphatic carbocycles. The van der Waals surface area contributed by atoms with Crippen molar-refractivity contribution in [1.29, 1.82) is 0 Å². The maximum absolute atomic E-state index is 11.8. The quantitative estimate of drug-likeness (QED) is 0.372. The molecular formula is C4H6F3NOSSi. The van der Waals surface area contributed by atoms with Gasteiger partial charge in [-0.25, -0.2) is 4.99 Å². The van der Waals surface area contributed by atoms with Crippen LogP contribution >= 0.6 is 12.2 Å². The van der Waals surface area contributed by atoms with Crippen molar-refractivity contribution < 1.29 is 17.6 Å². The van der Waals surface area contributed by atoms with Gasteiger partial charge in [0.2, 0.25) is 0 Å². The normalized spacial score (nSPS) is 14.1. The first-order valence-corrected chi connectivity index (χ1v) is 3.88. The Morgan fingerprint density at radius 1 is 1.64 bits per heavy atom. The van der Waals surface area contributed by atoms with E-state index in [1.54, 1.807) is 0 Å². The standard InChI is InChI=1S/C4H6F3NOSSi/c5-4(6,7)3(9-11)1-8-2-10/h3H,1H2,11H3. The van der Waals surface area contributed by atoms with Gasteiger partial charge in [0.15, 0.2) is 6.10 Å². The summed E-state index contributed by atoms with van der Waals surface area (Å²) < 4.78 is 39.7. The lowest BCUT2D eigenvalue weighted by atomic mass is 10.3. The van der Waals surface area contributed by atoms with E-state index >= 15 is 0 Å². The number of rotatable bonds is 3. The largest absolute Gasteiger partial charge is 0.415 e. The van der Waals surface area contributed by atoms with Crippen molar-refractivity contribution in [3.63, 3.8) is 0 Å². The molecule has 11 heavy (non-hydrogen) atoms. The van der Waals surface area contributed by atoms with Gasteiger partial charge in [0, 0.05) is 0 Å². The van der Waals surface area contributed by atoms with Crippen molar-refractivity contribution in [3.05, 3.63) is 0 Å². The fourth-order valence-corrected chi connectivity index (χ4v) is 0.923. The zero-order valence-corrected chi connectivity index (χ0v) is 8.50. The molecule has 0 amide bonds. The Morgan fingerprint density at radius 2 is 2.18 bits per heavy atom. The maximum Gasteiger partial charge on any atom is 0.415 e. The van der Waals surface area contributed by atoms with Crippen molar-refractivity contribution in [2.24, 2.45) is 4.99 Å². The number of alkyl halides is 3. The Morgan fingerprint density at radius 3 is 2.45 bits per heavy atom. The number of halogens is 3. The van der Waals surface area contributed by atoms with E-state index in [9.17, 15) is 13.2 Å². The summed E-state index contributed by atoms with van der Waals surface area (Å²) in [4.78, 5) is 3.15. The molecule has 7 heteroatoms. The highest BCUT2D eigenvalue weighted by Gasteiger charge is 2.39. The molecule has 0 saturated heterocycles. The number of isothiocyanates is 1. The van der Waals surface area contributed by atoms with E-state index < -0.39 is 18.8 Å². The Balaban J connectivity index is 4.06. The Hall–Kier alpha value is -0.233. The molecule has 0 bridgehead atoms. The van der Waals surface area contributed by atoms with Gasteiger partial charge in [-0.3, -0.25) is 0 Å². The van der Waals surface area contributed by atoms with Gasteiger partial charge in [-0.15, -0.1) is 0 Å². The summed E-state index contributed by atoms with van der Waals surface area (Å²) in [7, 11) is 0.0280. The highest BCUT2D eigenvalue weighted by atomic mass is 32.1. The molecule has 0 heterocycles.